The van der Waals surface area contributed by atoms with Gasteiger partial charge in [0.05, 0.1) is 3.11 Å². The zero-order valence-electron chi connectivity index (χ0n) is 11.9. The minimum Gasteiger partial charge on any atom is -0.0616 e. The van der Waals surface area contributed by atoms with E-state index in [0.717, 1.165) is 3.11 Å². The van der Waals surface area contributed by atoms with Crippen LogP contribution in [0.1, 0.15) is 52.7 Å². The molecule has 0 spiro atoms. The summed E-state index contributed by atoms with van der Waals surface area (Å²) in [5, 5.41) is 1.42. The van der Waals surface area contributed by atoms with E-state index in [4.69, 9.17) is 0 Å². The molecule has 0 aliphatic rings. The van der Waals surface area contributed by atoms with Crippen LogP contribution in [0.15, 0.2) is 18.2 Å². The van der Waals surface area contributed by atoms with Crippen molar-refractivity contribution in [2.24, 2.45) is 0 Å². The molecule has 0 saturated carbocycles. The molecule has 0 unspecified atom stereocenters. The summed E-state index contributed by atoms with van der Waals surface area (Å²) < 4.78 is 1.08. The molecule has 0 fully saturated rings. The van der Waals surface area contributed by atoms with Crippen molar-refractivity contribution in [1.82, 2.24) is 0 Å². The van der Waals surface area contributed by atoms with Gasteiger partial charge in [-0.3, -0.25) is 0 Å². The summed E-state index contributed by atoms with van der Waals surface area (Å²) in [5.41, 5.74) is 3.18. The van der Waals surface area contributed by atoms with Crippen molar-refractivity contribution in [2.45, 2.75) is 52.4 Å². The number of benzene rings is 1. The molecule has 0 aliphatic heterocycles. The molecule has 100 valence electrons. The van der Waals surface area contributed by atoms with E-state index >= 15 is 0 Å². The predicted octanol–water partition coefficient (Wildman–Crippen LogP) is 5.73. The van der Waals surface area contributed by atoms with E-state index in [9.17, 15) is 0 Å². The van der Waals surface area contributed by atoms with Gasteiger partial charge in [-0.15, -0.1) is 0 Å². The number of hydrogen-bond donors (Lipinski definition) is 0. The van der Waals surface area contributed by atoms with Gasteiger partial charge in [-0.1, -0.05) is 59.7 Å². The van der Waals surface area contributed by atoms with Gasteiger partial charge in [0, 0.05) is 5.30 Å². The van der Waals surface area contributed by atoms with Crippen LogP contribution in [0.5, 0.6) is 0 Å². The highest BCUT2D eigenvalue weighted by atomic mass is 79.9. The standard InChI is InChI=1S/C15H21Br2P/c1-14(2,3)10-8-7-9-11(15(4,5)6)12(10)18-13(16)17/h7-9H,1-6H3. The summed E-state index contributed by atoms with van der Waals surface area (Å²) in [6.45, 7) is 13.6. The van der Waals surface area contributed by atoms with Gasteiger partial charge >= 0.3 is 0 Å². The molecule has 0 nitrogen and oxygen atoms in total. The fraction of sp³-hybridized carbons (Fsp3) is 0.533. The Morgan fingerprint density at radius 2 is 1.28 bits per heavy atom. The second-order valence-electron chi connectivity index (χ2n) is 6.55. The largest absolute Gasteiger partial charge is 0.0878 e. The van der Waals surface area contributed by atoms with Crippen molar-refractivity contribution in [3.63, 3.8) is 0 Å². The first-order chi connectivity index (χ1) is 8.03. The van der Waals surface area contributed by atoms with E-state index in [1.165, 1.54) is 24.6 Å². The highest BCUT2D eigenvalue weighted by Gasteiger charge is 2.24. The van der Waals surface area contributed by atoms with Crippen LogP contribution in [-0.4, -0.2) is 3.11 Å². The zero-order chi connectivity index (χ0) is 14.1. The minimum absolute atomic E-state index is 0.166. The first-order valence-electron chi connectivity index (χ1n) is 6.07. The molecule has 0 amide bonds. The Morgan fingerprint density at radius 3 is 1.56 bits per heavy atom. The van der Waals surface area contributed by atoms with Crippen molar-refractivity contribution in [3.8, 4) is 0 Å². The Hall–Kier alpha value is 0.350. The van der Waals surface area contributed by atoms with Crippen molar-refractivity contribution in [2.75, 3.05) is 0 Å². The average molecular weight is 392 g/mol. The lowest BCUT2D eigenvalue weighted by Gasteiger charge is -2.28. The average Bonchev–Trinajstić information content (AvgIpc) is 2.13. The molecule has 3 heteroatoms. The lowest BCUT2D eigenvalue weighted by Crippen LogP contribution is -2.27. The van der Waals surface area contributed by atoms with Crippen LogP contribution in [0.25, 0.3) is 0 Å². The summed E-state index contributed by atoms with van der Waals surface area (Å²) >= 11 is 7.07. The van der Waals surface area contributed by atoms with Gasteiger partial charge in [0.1, 0.15) is 0 Å². The van der Waals surface area contributed by atoms with Gasteiger partial charge in [0.15, 0.2) is 0 Å². The van der Waals surface area contributed by atoms with Crippen LogP contribution in [0.3, 0.4) is 0 Å². The summed E-state index contributed by atoms with van der Waals surface area (Å²) in [5.74, 6) is 0. The maximum Gasteiger partial charge on any atom is 0.0878 e. The van der Waals surface area contributed by atoms with E-state index in [1.54, 1.807) is 0 Å². The van der Waals surface area contributed by atoms with Crippen LogP contribution in [0.2, 0.25) is 0 Å². The van der Waals surface area contributed by atoms with Gasteiger partial charge in [-0.05, 0) is 62.0 Å². The molecule has 0 radical (unpaired) electrons. The summed E-state index contributed by atoms with van der Waals surface area (Å²) in [6, 6.07) is 6.68. The first-order valence-corrected chi connectivity index (χ1v) is 8.55. The SMILES string of the molecule is CC(C)(C)c1cccc(C(C)(C)C)c1P=C(Br)Br. The maximum absolute atomic E-state index is 3.53. The van der Waals surface area contributed by atoms with Crippen LogP contribution >= 0.6 is 40.1 Å². The Labute approximate surface area is 130 Å². The fourth-order valence-electron chi connectivity index (χ4n) is 1.96. The van der Waals surface area contributed by atoms with E-state index < -0.39 is 0 Å². The van der Waals surface area contributed by atoms with Crippen LogP contribution in [0, 0.1) is 0 Å². The van der Waals surface area contributed by atoms with Gasteiger partial charge in [-0.25, -0.2) is 0 Å². The Kier molecular flexibility index (Phi) is 5.26. The molecule has 0 atom stereocenters. The van der Waals surface area contributed by atoms with E-state index in [2.05, 4.69) is 91.6 Å². The number of halogens is 2. The highest BCUT2D eigenvalue weighted by Crippen LogP contribution is 2.31. The Balaban J connectivity index is 3.61. The molecule has 18 heavy (non-hydrogen) atoms. The second kappa shape index (κ2) is 5.77. The topological polar surface area (TPSA) is 0 Å². The molecule has 1 rings (SSSR count). The van der Waals surface area contributed by atoms with Crippen molar-refractivity contribution in [1.29, 1.82) is 0 Å². The zero-order valence-corrected chi connectivity index (χ0v) is 16.0. The summed E-state index contributed by atoms with van der Waals surface area (Å²) in [4.78, 5) is 0. The second-order valence-corrected chi connectivity index (χ2v) is 11.5. The van der Waals surface area contributed by atoms with Crippen LogP contribution in [-0.2, 0) is 10.8 Å². The van der Waals surface area contributed by atoms with Gasteiger partial charge in [0.25, 0.3) is 0 Å². The lowest BCUT2D eigenvalue weighted by molar-refractivity contribution is 0.576. The maximum atomic E-state index is 3.53. The molecule has 1 aromatic carbocycles. The molecule has 0 bridgehead atoms. The third-order valence-corrected chi connectivity index (χ3v) is 4.79. The molecule has 0 aliphatic carbocycles. The third-order valence-electron chi connectivity index (χ3n) is 2.85. The normalized spacial score (nSPS) is 12.9. The molecule has 0 aromatic heterocycles. The molecule has 0 saturated heterocycles. The van der Waals surface area contributed by atoms with E-state index in [-0.39, 0.29) is 10.8 Å². The third kappa shape index (κ3) is 4.18. The molecular formula is C15H21Br2P. The number of hydrogen-bond acceptors (Lipinski definition) is 0. The monoisotopic (exact) mass is 390 g/mol. The molecule has 0 heterocycles. The van der Waals surface area contributed by atoms with Crippen molar-refractivity contribution >= 4 is 48.5 Å². The van der Waals surface area contributed by atoms with Crippen molar-refractivity contribution in [3.05, 3.63) is 29.3 Å². The van der Waals surface area contributed by atoms with Gasteiger partial charge in [-0.2, -0.15) is 0 Å². The minimum atomic E-state index is 0.166. The summed E-state index contributed by atoms with van der Waals surface area (Å²) in [6.07, 6.45) is 0. The molecular weight excluding hydrogens is 371 g/mol. The highest BCUT2D eigenvalue weighted by molar-refractivity contribution is 9.41. The fourth-order valence-corrected chi connectivity index (χ4v) is 4.25. The van der Waals surface area contributed by atoms with Crippen LogP contribution < -0.4 is 5.30 Å². The van der Waals surface area contributed by atoms with Gasteiger partial charge < -0.3 is 0 Å². The van der Waals surface area contributed by atoms with Gasteiger partial charge in [0.2, 0.25) is 0 Å². The molecule has 1 aromatic rings. The Morgan fingerprint density at radius 1 is 0.889 bits per heavy atom. The predicted molar refractivity (Wildman–Crippen MR) is 93.3 cm³/mol. The van der Waals surface area contributed by atoms with Crippen LogP contribution in [0.4, 0.5) is 0 Å². The quantitative estimate of drug-likeness (QED) is 0.536. The lowest BCUT2D eigenvalue weighted by atomic mass is 9.80. The van der Waals surface area contributed by atoms with E-state index in [0.29, 0.717) is 0 Å². The molecule has 0 N–H and O–H groups in total. The first kappa shape index (κ1) is 16.4. The smallest absolute Gasteiger partial charge is 0.0616 e. The number of rotatable bonds is 1. The van der Waals surface area contributed by atoms with E-state index in [1.807, 2.05) is 0 Å². The van der Waals surface area contributed by atoms with Crippen molar-refractivity contribution < 1.29 is 0 Å². The summed E-state index contributed by atoms with van der Waals surface area (Å²) in [7, 11) is 1.21. The Bertz CT molecular complexity index is 426.